The van der Waals surface area contributed by atoms with Gasteiger partial charge in [-0.15, -0.1) is 0 Å². The van der Waals surface area contributed by atoms with Gasteiger partial charge in [-0.3, -0.25) is 4.79 Å². The molecule has 7 heteroatoms. The molecule has 0 aliphatic heterocycles. The van der Waals surface area contributed by atoms with E-state index in [1.54, 1.807) is 60.7 Å². The second-order valence-corrected chi connectivity index (χ2v) is 6.64. The molecule has 0 spiro atoms. The molecule has 0 atom stereocenters. The van der Waals surface area contributed by atoms with Crippen LogP contribution in [-0.4, -0.2) is 18.0 Å². The van der Waals surface area contributed by atoms with Gasteiger partial charge in [0, 0.05) is 16.3 Å². The van der Waals surface area contributed by atoms with Gasteiger partial charge in [-0.2, -0.15) is 0 Å². The average molecular weight is 407 g/mol. The van der Waals surface area contributed by atoms with Crippen molar-refractivity contribution in [3.63, 3.8) is 0 Å². The summed E-state index contributed by atoms with van der Waals surface area (Å²) < 4.78 is 10.6. The van der Waals surface area contributed by atoms with E-state index in [4.69, 9.17) is 20.8 Å². The first-order chi connectivity index (χ1) is 14.0. The number of fused-ring (bicyclic) bond motifs is 1. The lowest BCUT2D eigenvalue weighted by Gasteiger charge is -2.10. The number of hydrogen-bond donors (Lipinski definition) is 1. The maximum Gasteiger partial charge on any atom is 0.347 e. The number of halogens is 1. The van der Waals surface area contributed by atoms with Gasteiger partial charge in [0.05, 0.1) is 23.6 Å². The predicted molar refractivity (Wildman–Crippen MR) is 112 cm³/mol. The Kier molecular flexibility index (Phi) is 5.01. The highest BCUT2D eigenvalue weighted by molar-refractivity contribution is 6.31. The highest BCUT2D eigenvalue weighted by Gasteiger charge is 2.14. The summed E-state index contributed by atoms with van der Waals surface area (Å²) >= 11 is 6.00. The van der Waals surface area contributed by atoms with Crippen LogP contribution in [0.2, 0.25) is 5.02 Å². The smallest absolute Gasteiger partial charge is 0.347 e. The van der Waals surface area contributed by atoms with E-state index in [9.17, 15) is 9.59 Å². The molecule has 3 aromatic carbocycles. The van der Waals surface area contributed by atoms with Gasteiger partial charge >= 0.3 is 5.63 Å². The molecule has 1 amide bonds. The van der Waals surface area contributed by atoms with Gasteiger partial charge in [0.15, 0.2) is 0 Å². The van der Waals surface area contributed by atoms with Crippen molar-refractivity contribution < 1.29 is 13.9 Å². The molecule has 29 heavy (non-hydrogen) atoms. The molecular formula is C22H15ClN2O4. The summed E-state index contributed by atoms with van der Waals surface area (Å²) in [6.45, 7) is 0. The number of amides is 1. The number of methoxy groups -OCH3 is 1. The molecule has 4 aromatic rings. The molecule has 0 radical (unpaired) electrons. The SMILES string of the molecule is COc1ccc(Cl)cc1C(=O)Nc1cccc(-c2nc3ccccc3c(=O)o2)c1. The Morgan fingerprint density at radius 3 is 2.72 bits per heavy atom. The predicted octanol–water partition coefficient (Wildman–Crippen LogP) is 4.77. The van der Waals surface area contributed by atoms with Gasteiger partial charge in [0.2, 0.25) is 5.89 Å². The summed E-state index contributed by atoms with van der Waals surface area (Å²) in [6.07, 6.45) is 0. The van der Waals surface area contributed by atoms with Crippen LogP contribution in [-0.2, 0) is 0 Å². The van der Waals surface area contributed by atoms with Crippen LogP contribution in [0.15, 0.2) is 75.9 Å². The van der Waals surface area contributed by atoms with E-state index in [0.717, 1.165) is 0 Å². The number of rotatable bonds is 4. The number of nitrogens with zero attached hydrogens (tertiary/aromatic N) is 1. The fourth-order valence-electron chi connectivity index (χ4n) is 2.93. The normalized spacial score (nSPS) is 10.7. The van der Waals surface area contributed by atoms with Crippen LogP contribution in [0.1, 0.15) is 10.4 Å². The van der Waals surface area contributed by atoms with Crippen LogP contribution < -0.4 is 15.7 Å². The zero-order valence-corrected chi connectivity index (χ0v) is 16.1. The standard InChI is InChI=1S/C22H15ClN2O4/c1-28-19-10-9-14(23)12-17(19)20(26)24-15-6-4-5-13(11-15)21-25-18-8-3-2-7-16(18)22(27)29-21/h2-12H,1H3,(H,24,26). The van der Waals surface area contributed by atoms with E-state index in [1.807, 2.05) is 0 Å². The molecule has 6 nitrogen and oxygen atoms in total. The molecule has 0 fully saturated rings. The Morgan fingerprint density at radius 1 is 1.07 bits per heavy atom. The number of hydrogen-bond acceptors (Lipinski definition) is 5. The summed E-state index contributed by atoms with van der Waals surface area (Å²) in [5.74, 6) is 0.199. The summed E-state index contributed by atoms with van der Waals surface area (Å²) in [5, 5.41) is 3.63. The topological polar surface area (TPSA) is 81.4 Å². The maximum atomic E-state index is 12.7. The summed E-state index contributed by atoms with van der Waals surface area (Å²) in [4.78, 5) is 29.3. The van der Waals surface area contributed by atoms with Crippen molar-refractivity contribution in [1.82, 2.24) is 4.98 Å². The van der Waals surface area contributed by atoms with Crippen LogP contribution in [0.25, 0.3) is 22.4 Å². The summed E-state index contributed by atoms with van der Waals surface area (Å²) in [7, 11) is 1.48. The van der Waals surface area contributed by atoms with Crippen LogP contribution in [0, 0.1) is 0 Å². The molecule has 0 saturated carbocycles. The van der Waals surface area contributed by atoms with Crippen molar-refractivity contribution in [2.24, 2.45) is 0 Å². The number of nitrogens with one attached hydrogen (secondary N) is 1. The number of carbonyl (C=O) groups excluding carboxylic acids is 1. The van der Waals surface area contributed by atoms with Crippen molar-refractivity contribution >= 4 is 34.1 Å². The highest BCUT2D eigenvalue weighted by atomic mass is 35.5. The lowest BCUT2D eigenvalue weighted by molar-refractivity contribution is 0.102. The maximum absolute atomic E-state index is 12.7. The molecule has 0 aliphatic rings. The minimum atomic E-state index is -0.469. The number of aromatic nitrogens is 1. The molecule has 0 saturated heterocycles. The van der Waals surface area contributed by atoms with Crippen molar-refractivity contribution in [2.45, 2.75) is 0 Å². The first-order valence-corrected chi connectivity index (χ1v) is 9.08. The second kappa shape index (κ2) is 7.77. The Hall–Kier alpha value is -3.64. The van der Waals surface area contributed by atoms with Crippen LogP contribution >= 0.6 is 11.6 Å². The summed E-state index contributed by atoms with van der Waals surface area (Å²) in [5.41, 5.74) is 1.44. The fraction of sp³-hybridized carbons (Fsp3) is 0.0455. The first-order valence-electron chi connectivity index (χ1n) is 8.70. The van der Waals surface area contributed by atoms with Crippen molar-refractivity contribution in [3.8, 4) is 17.2 Å². The zero-order chi connectivity index (χ0) is 20.4. The van der Waals surface area contributed by atoms with E-state index in [2.05, 4.69) is 10.3 Å². The zero-order valence-electron chi connectivity index (χ0n) is 15.3. The van der Waals surface area contributed by atoms with Gasteiger partial charge in [-0.25, -0.2) is 9.78 Å². The Labute approximate surface area is 170 Å². The van der Waals surface area contributed by atoms with Gasteiger partial charge in [-0.1, -0.05) is 29.8 Å². The third-order valence-corrected chi connectivity index (χ3v) is 4.54. The molecule has 0 unspecified atom stereocenters. The Balaban J connectivity index is 1.67. The van der Waals surface area contributed by atoms with Gasteiger partial charge < -0.3 is 14.5 Å². The lowest BCUT2D eigenvalue weighted by atomic mass is 10.1. The van der Waals surface area contributed by atoms with E-state index < -0.39 is 5.63 Å². The van der Waals surface area contributed by atoms with Crippen molar-refractivity contribution in [2.75, 3.05) is 12.4 Å². The molecule has 1 heterocycles. The lowest BCUT2D eigenvalue weighted by Crippen LogP contribution is -2.13. The molecule has 1 N–H and O–H groups in total. The van der Waals surface area contributed by atoms with E-state index in [0.29, 0.717) is 38.5 Å². The molecule has 144 valence electrons. The third-order valence-electron chi connectivity index (χ3n) is 4.31. The molecule has 4 rings (SSSR count). The second-order valence-electron chi connectivity index (χ2n) is 6.20. The average Bonchev–Trinajstić information content (AvgIpc) is 2.74. The van der Waals surface area contributed by atoms with Gasteiger partial charge in [0.1, 0.15) is 5.75 Å². The van der Waals surface area contributed by atoms with Crippen LogP contribution in [0.4, 0.5) is 5.69 Å². The Morgan fingerprint density at radius 2 is 1.90 bits per heavy atom. The van der Waals surface area contributed by atoms with Crippen LogP contribution in [0.3, 0.4) is 0 Å². The van der Waals surface area contributed by atoms with Crippen LogP contribution in [0.5, 0.6) is 5.75 Å². The molecular weight excluding hydrogens is 392 g/mol. The number of anilines is 1. The molecule has 0 aliphatic carbocycles. The number of para-hydroxylation sites is 1. The monoisotopic (exact) mass is 406 g/mol. The van der Waals surface area contributed by atoms with E-state index in [1.165, 1.54) is 13.2 Å². The molecule has 1 aromatic heterocycles. The largest absolute Gasteiger partial charge is 0.496 e. The van der Waals surface area contributed by atoms with E-state index in [-0.39, 0.29) is 11.8 Å². The van der Waals surface area contributed by atoms with Crippen molar-refractivity contribution in [3.05, 3.63) is 87.7 Å². The molecule has 0 bridgehead atoms. The van der Waals surface area contributed by atoms with Gasteiger partial charge in [-0.05, 0) is 48.5 Å². The third kappa shape index (κ3) is 3.83. The number of carbonyl (C=O) groups is 1. The number of ether oxygens (including phenoxy) is 1. The number of benzene rings is 3. The first kappa shape index (κ1) is 18.7. The van der Waals surface area contributed by atoms with Crippen molar-refractivity contribution in [1.29, 1.82) is 0 Å². The highest BCUT2D eigenvalue weighted by Crippen LogP contribution is 2.25. The van der Waals surface area contributed by atoms with Gasteiger partial charge in [0.25, 0.3) is 5.91 Å². The fourth-order valence-corrected chi connectivity index (χ4v) is 3.10. The quantitative estimate of drug-likeness (QED) is 0.528. The minimum absolute atomic E-state index is 0.171. The van der Waals surface area contributed by atoms with E-state index >= 15 is 0 Å². The summed E-state index contributed by atoms with van der Waals surface area (Å²) in [6, 6.07) is 18.6. The Bertz CT molecular complexity index is 1280. The minimum Gasteiger partial charge on any atom is -0.496 e.